The van der Waals surface area contributed by atoms with Gasteiger partial charge >= 0.3 is 0 Å². The lowest BCUT2D eigenvalue weighted by Gasteiger charge is -2.37. The van der Waals surface area contributed by atoms with Crippen molar-refractivity contribution in [2.75, 3.05) is 13.2 Å². The van der Waals surface area contributed by atoms with Crippen LogP contribution in [0.4, 0.5) is 0 Å². The molecule has 1 heterocycles. The molecule has 0 bridgehead atoms. The van der Waals surface area contributed by atoms with Gasteiger partial charge in [-0.25, -0.2) is 0 Å². The van der Waals surface area contributed by atoms with Crippen molar-refractivity contribution in [1.82, 2.24) is 0 Å². The first-order valence-corrected chi connectivity index (χ1v) is 10.5. The topological polar surface area (TPSA) is 18.5 Å². The lowest BCUT2D eigenvalue weighted by atomic mass is 9.93. The standard InChI is InChI=1S/C17H28O2Si/c1-17(2,3)20(4,5)19-13-16-15(11-12-18-16)14-9-7-6-8-10-14/h6-10,15-16H,11-13H2,1-5H3/t15-,16-/m0/s1. The fourth-order valence-corrected chi connectivity index (χ4v) is 3.42. The summed E-state index contributed by atoms with van der Waals surface area (Å²) < 4.78 is 12.3. The van der Waals surface area contributed by atoms with E-state index in [1.165, 1.54) is 5.56 Å². The minimum atomic E-state index is -1.68. The molecule has 1 aliphatic rings. The predicted octanol–water partition coefficient (Wildman–Crippen LogP) is 4.58. The molecule has 0 radical (unpaired) electrons. The molecule has 20 heavy (non-hydrogen) atoms. The van der Waals surface area contributed by atoms with Gasteiger partial charge in [-0.3, -0.25) is 0 Å². The highest BCUT2D eigenvalue weighted by atomic mass is 28.4. The van der Waals surface area contributed by atoms with Crippen molar-refractivity contribution < 1.29 is 9.16 Å². The summed E-state index contributed by atoms with van der Waals surface area (Å²) in [5, 5.41) is 0.258. The normalized spacial score (nSPS) is 24.1. The molecule has 1 fully saturated rings. The summed E-state index contributed by atoms with van der Waals surface area (Å²) in [5.74, 6) is 0.487. The molecule has 2 atom stereocenters. The van der Waals surface area contributed by atoms with E-state index in [0.29, 0.717) is 5.92 Å². The number of hydrogen-bond donors (Lipinski definition) is 0. The maximum Gasteiger partial charge on any atom is 0.192 e. The minimum Gasteiger partial charge on any atom is -0.414 e. The van der Waals surface area contributed by atoms with Crippen LogP contribution in [0.15, 0.2) is 30.3 Å². The molecular formula is C17H28O2Si. The van der Waals surface area contributed by atoms with Crippen LogP contribution in [0.3, 0.4) is 0 Å². The van der Waals surface area contributed by atoms with Crippen molar-refractivity contribution >= 4 is 8.32 Å². The van der Waals surface area contributed by atoms with Gasteiger partial charge in [0.1, 0.15) is 0 Å². The molecule has 0 aliphatic carbocycles. The number of hydrogen-bond acceptors (Lipinski definition) is 2. The van der Waals surface area contributed by atoms with Gasteiger partial charge in [-0.05, 0) is 30.1 Å². The number of benzene rings is 1. The van der Waals surface area contributed by atoms with Crippen LogP contribution in [0.2, 0.25) is 18.1 Å². The molecule has 0 unspecified atom stereocenters. The van der Waals surface area contributed by atoms with Crippen LogP contribution < -0.4 is 0 Å². The highest BCUT2D eigenvalue weighted by molar-refractivity contribution is 6.74. The molecule has 112 valence electrons. The van der Waals surface area contributed by atoms with E-state index in [1.807, 2.05) is 0 Å². The highest BCUT2D eigenvalue weighted by Gasteiger charge is 2.39. The van der Waals surface area contributed by atoms with Crippen LogP contribution in [-0.4, -0.2) is 27.6 Å². The first-order chi connectivity index (χ1) is 9.31. The molecule has 1 aliphatic heterocycles. The van der Waals surface area contributed by atoms with Crippen LogP contribution in [0.25, 0.3) is 0 Å². The van der Waals surface area contributed by atoms with E-state index in [2.05, 4.69) is 64.2 Å². The fourth-order valence-electron chi connectivity index (χ4n) is 2.40. The Hall–Kier alpha value is -0.643. The third kappa shape index (κ3) is 3.51. The van der Waals surface area contributed by atoms with Crippen LogP contribution in [0.1, 0.15) is 38.7 Å². The molecule has 0 amide bonds. The first kappa shape index (κ1) is 15.7. The maximum atomic E-state index is 6.34. The molecular weight excluding hydrogens is 264 g/mol. The third-order valence-electron chi connectivity index (χ3n) is 4.85. The number of ether oxygens (including phenoxy) is 1. The maximum absolute atomic E-state index is 6.34. The molecule has 0 N–H and O–H groups in total. The van der Waals surface area contributed by atoms with Gasteiger partial charge in [0.15, 0.2) is 8.32 Å². The second-order valence-corrected chi connectivity index (χ2v) is 12.1. The van der Waals surface area contributed by atoms with Gasteiger partial charge in [-0.15, -0.1) is 0 Å². The van der Waals surface area contributed by atoms with Crippen LogP contribution in [-0.2, 0) is 9.16 Å². The van der Waals surface area contributed by atoms with Crippen LogP contribution in [0.5, 0.6) is 0 Å². The Balaban J connectivity index is 1.99. The summed E-state index contributed by atoms with van der Waals surface area (Å²) in [6, 6.07) is 10.7. The monoisotopic (exact) mass is 292 g/mol. The van der Waals surface area contributed by atoms with Gasteiger partial charge in [0.25, 0.3) is 0 Å². The quantitative estimate of drug-likeness (QED) is 0.756. The summed E-state index contributed by atoms with van der Waals surface area (Å²) in [6.07, 6.45) is 1.32. The Morgan fingerprint density at radius 3 is 2.45 bits per heavy atom. The van der Waals surface area contributed by atoms with Crippen molar-refractivity contribution in [3.05, 3.63) is 35.9 Å². The smallest absolute Gasteiger partial charge is 0.192 e. The zero-order valence-electron chi connectivity index (χ0n) is 13.5. The first-order valence-electron chi connectivity index (χ1n) is 7.62. The third-order valence-corrected chi connectivity index (χ3v) is 9.35. The fraction of sp³-hybridized carbons (Fsp3) is 0.647. The largest absolute Gasteiger partial charge is 0.414 e. The minimum absolute atomic E-state index is 0.214. The predicted molar refractivity (Wildman–Crippen MR) is 86.7 cm³/mol. The Bertz CT molecular complexity index is 422. The van der Waals surface area contributed by atoms with Gasteiger partial charge in [-0.1, -0.05) is 51.1 Å². The van der Waals surface area contributed by atoms with Gasteiger partial charge < -0.3 is 9.16 Å². The Labute approximate surface area is 124 Å². The average Bonchev–Trinajstić information content (AvgIpc) is 2.84. The summed E-state index contributed by atoms with van der Waals surface area (Å²) in [4.78, 5) is 0. The van der Waals surface area contributed by atoms with Crippen molar-refractivity contribution in [3.63, 3.8) is 0 Å². The van der Waals surface area contributed by atoms with Crippen molar-refractivity contribution in [3.8, 4) is 0 Å². The highest BCUT2D eigenvalue weighted by Crippen LogP contribution is 2.38. The molecule has 0 aromatic heterocycles. The Kier molecular flexibility index (Phi) is 4.72. The summed E-state index contributed by atoms with van der Waals surface area (Å²) in [5.41, 5.74) is 1.38. The van der Waals surface area contributed by atoms with Crippen LogP contribution in [0, 0.1) is 0 Å². The van der Waals surface area contributed by atoms with Gasteiger partial charge in [-0.2, -0.15) is 0 Å². The molecule has 0 spiro atoms. The second kappa shape index (κ2) is 6.00. The van der Waals surface area contributed by atoms with E-state index in [0.717, 1.165) is 19.6 Å². The van der Waals surface area contributed by atoms with E-state index >= 15 is 0 Å². The second-order valence-electron chi connectivity index (χ2n) is 7.29. The summed E-state index contributed by atoms with van der Waals surface area (Å²) in [6.45, 7) is 13.0. The van der Waals surface area contributed by atoms with Crippen molar-refractivity contribution in [2.45, 2.75) is 57.3 Å². The van der Waals surface area contributed by atoms with E-state index in [-0.39, 0.29) is 11.1 Å². The lowest BCUT2D eigenvalue weighted by Crippen LogP contribution is -2.43. The molecule has 2 rings (SSSR count). The van der Waals surface area contributed by atoms with Gasteiger partial charge in [0, 0.05) is 12.5 Å². The Morgan fingerprint density at radius 2 is 1.85 bits per heavy atom. The van der Waals surface area contributed by atoms with Gasteiger partial charge in [0.05, 0.1) is 12.7 Å². The zero-order chi connectivity index (χ0) is 14.8. The van der Waals surface area contributed by atoms with Crippen molar-refractivity contribution in [1.29, 1.82) is 0 Å². The average molecular weight is 292 g/mol. The van der Waals surface area contributed by atoms with Crippen LogP contribution >= 0.6 is 0 Å². The van der Waals surface area contributed by atoms with Gasteiger partial charge in [0.2, 0.25) is 0 Å². The Morgan fingerprint density at radius 1 is 1.20 bits per heavy atom. The molecule has 2 nitrogen and oxygen atoms in total. The molecule has 1 saturated heterocycles. The molecule has 1 aromatic carbocycles. The molecule has 0 saturated carbocycles. The van der Waals surface area contributed by atoms with E-state index in [1.54, 1.807) is 0 Å². The van der Waals surface area contributed by atoms with Crippen molar-refractivity contribution in [2.24, 2.45) is 0 Å². The molecule has 1 aromatic rings. The zero-order valence-corrected chi connectivity index (χ0v) is 14.5. The van der Waals surface area contributed by atoms with E-state index in [4.69, 9.17) is 9.16 Å². The SMILES string of the molecule is CC(C)(C)[Si](C)(C)OC[C@@H]1OCC[C@H]1c1ccccc1. The summed E-state index contributed by atoms with van der Waals surface area (Å²) in [7, 11) is -1.68. The lowest BCUT2D eigenvalue weighted by molar-refractivity contribution is 0.0558. The van der Waals surface area contributed by atoms with E-state index < -0.39 is 8.32 Å². The number of rotatable bonds is 4. The summed E-state index contributed by atoms with van der Waals surface area (Å²) >= 11 is 0. The van der Waals surface area contributed by atoms with E-state index in [9.17, 15) is 0 Å². The molecule has 3 heteroatoms.